The Morgan fingerprint density at radius 3 is 2.44 bits per heavy atom. The van der Waals surface area contributed by atoms with Gasteiger partial charge in [-0.3, -0.25) is 0 Å². The van der Waals surface area contributed by atoms with E-state index in [1.807, 2.05) is 30.3 Å². The minimum atomic E-state index is -0.458. The average Bonchev–Trinajstić information content (AvgIpc) is 2.37. The van der Waals surface area contributed by atoms with E-state index >= 15 is 0 Å². The van der Waals surface area contributed by atoms with Gasteiger partial charge in [0.05, 0.1) is 10.6 Å². The van der Waals surface area contributed by atoms with Crippen molar-refractivity contribution in [3.8, 4) is 0 Å². The second-order valence-corrected chi connectivity index (χ2v) is 4.53. The summed E-state index contributed by atoms with van der Waals surface area (Å²) in [6.45, 7) is 0.221. The summed E-state index contributed by atoms with van der Waals surface area (Å²) in [6.07, 6.45) is 0. The summed E-state index contributed by atoms with van der Waals surface area (Å²) in [4.78, 5) is 11.8. The SMILES string of the molecule is O=C(OCc1ccccc1)c1ccc(Cl)cc1Cl. The third-order valence-corrected chi connectivity index (χ3v) is 2.91. The first-order chi connectivity index (χ1) is 8.66. The summed E-state index contributed by atoms with van der Waals surface area (Å²) in [5.41, 5.74) is 1.24. The highest BCUT2D eigenvalue weighted by molar-refractivity contribution is 6.36. The van der Waals surface area contributed by atoms with Crippen LogP contribution in [0, 0.1) is 0 Å². The molecule has 0 spiro atoms. The molecule has 0 unspecified atom stereocenters. The number of esters is 1. The van der Waals surface area contributed by atoms with E-state index in [4.69, 9.17) is 27.9 Å². The van der Waals surface area contributed by atoms with Crippen LogP contribution >= 0.6 is 23.2 Å². The van der Waals surface area contributed by atoms with Crippen LogP contribution in [0.3, 0.4) is 0 Å². The van der Waals surface area contributed by atoms with Crippen LogP contribution in [-0.2, 0) is 11.3 Å². The van der Waals surface area contributed by atoms with Gasteiger partial charge in [0.1, 0.15) is 6.61 Å². The zero-order chi connectivity index (χ0) is 13.0. The largest absolute Gasteiger partial charge is 0.457 e. The molecule has 0 heterocycles. The molecule has 0 radical (unpaired) electrons. The van der Waals surface area contributed by atoms with Gasteiger partial charge in [-0.25, -0.2) is 4.79 Å². The molecule has 2 aromatic rings. The van der Waals surface area contributed by atoms with Gasteiger partial charge in [0.15, 0.2) is 0 Å². The summed E-state index contributed by atoms with van der Waals surface area (Å²) in [6, 6.07) is 14.1. The molecule has 2 rings (SSSR count). The van der Waals surface area contributed by atoms with Gasteiger partial charge < -0.3 is 4.74 Å². The summed E-state index contributed by atoms with van der Waals surface area (Å²) in [7, 11) is 0. The molecule has 4 heteroatoms. The highest BCUT2D eigenvalue weighted by atomic mass is 35.5. The zero-order valence-electron chi connectivity index (χ0n) is 9.40. The van der Waals surface area contributed by atoms with Gasteiger partial charge in [0.25, 0.3) is 0 Å². The molecule has 0 amide bonds. The molecule has 0 aromatic heterocycles. The number of carbonyl (C=O) groups is 1. The Balaban J connectivity index is 2.04. The Bertz CT molecular complexity index is 553. The first-order valence-electron chi connectivity index (χ1n) is 5.33. The average molecular weight is 281 g/mol. The van der Waals surface area contributed by atoms with Crippen LogP contribution in [0.4, 0.5) is 0 Å². The molecule has 0 aliphatic carbocycles. The lowest BCUT2D eigenvalue weighted by molar-refractivity contribution is 0.0473. The van der Waals surface area contributed by atoms with Crippen molar-refractivity contribution in [1.29, 1.82) is 0 Å². The van der Waals surface area contributed by atoms with Crippen LogP contribution in [-0.4, -0.2) is 5.97 Å². The second kappa shape index (κ2) is 5.89. The number of halogens is 2. The molecule has 0 bridgehead atoms. The summed E-state index contributed by atoms with van der Waals surface area (Å²) >= 11 is 11.7. The Morgan fingerprint density at radius 2 is 1.78 bits per heavy atom. The Morgan fingerprint density at radius 1 is 1.06 bits per heavy atom. The minimum absolute atomic E-state index is 0.221. The van der Waals surface area contributed by atoms with Gasteiger partial charge in [-0.15, -0.1) is 0 Å². The molecule has 2 aromatic carbocycles. The molecule has 0 atom stereocenters. The topological polar surface area (TPSA) is 26.3 Å². The predicted octanol–water partition coefficient (Wildman–Crippen LogP) is 4.35. The van der Waals surface area contributed by atoms with Gasteiger partial charge in [0.2, 0.25) is 0 Å². The van der Waals surface area contributed by atoms with E-state index in [1.54, 1.807) is 12.1 Å². The maximum absolute atomic E-state index is 11.8. The van der Waals surface area contributed by atoms with Crippen LogP contribution in [0.5, 0.6) is 0 Å². The van der Waals surface area contributed by atoms with E-state index in [9.17, 15) is 4.79 Å². The lowest BCUT2D eigenvalue weighted by Gasteiger charge is -2.06. The van der Waals surface area contributed by atoms with Gasteiger partial charge in [0, 0.05) is 5.02 Å². The van der Waals surface area contributed by atoms with Crippen molar-refractivity contribution in [3.05, 3.63) is 69.7 Å². The molecule has 0 aliphatic heterocycles. The van der Waals surface area contributed by atoms with Crippen molar-refractivity contribution >= 4 is 29.2 Å². The first-order valence-corrected chi connectivity index (χ1v) is 6.08. The van der Waals surface area contributed by atoms with E-state index in [0.29, 0.717) is 15.6 Å². The maximum atomic E-state index is 11.8. The summed E-state index contributed by atoms with van der Waals surface area (Å²) < 4.78 is 5.17. The van der Waals surface area contributed by atoms with Crippen molar-refractivity contribution in [1.82, 2.24) is 0 Å². The molecule has 0 aliphatic rings. The number of ether oxygens (including phenoxy) is 1. The smallest absolute Gasteiger partial charge is 0.339 e. The fraction of sp³-hybridized carbons (Fsp3) is 0.0714. The highest BCUT2D eigenvalue weighted by Gasteiger charge is 2.12. The van der Waals surface area contributed by atoms with Crippen molar-refractivity contribution in [3.63, 3.8) is 0 Å². The molecule has 92 valence electrons. The summed E-state index contributed by atoms with van der Waals surface area (Å²) in [5, 5.41) is 0.778. The molecule has 0 fully saturated rings. The lowest BCUT2D eigenvalue weighted by atomic mass is 10.2. The van der Waals surface area contributed by atoms with E-state index in [1.165, 1.54) is 6.07 Å². The van der Waals surface area contributed by atoms with Crippen LogP contribution in [0.2, 0.25) is 10.0 Å². The van der Waals surface area contributed by atoms with Crippen molar-refractivity contribution in [2.24, 2.45) is 0 Å². The summed E-state index contributed by atoms with van der Waals surface area (Å²) in [5.74, 6) is -0.458. The minimum Gasteiger partial charge on any atom is -0.457 e. The molecule has 0 N–H and O–H groups in total. The molecule has 2 nitrogen and oxygen atoms in total. The maximum Gasteiger partial charge on any atom is 0.339 e. The van der Waals surface area contributed by atoms with Gasteiger partial charge in [-0.1, -0.05) is 53.5 Å². The van der Waals surface area contributed by atoms with Gasteiger partial charge in [-0.05, 0) is 23.8 Å². The number of rotatable bonds is 3. The third kappa shape index (κ3) is 3.25. The van der Waals surface area contributed by atoms with Crippen LogP contribution < -0.4 is 0 Å². The molecular formula is C14H10Cl2O2. The van der Waals surface area contributed by atoms with Crippen LogP contribution in [0.15, 0.2) is 48.5 Å². The number of hydrogen-bond donors (Lipinski definition) is 0. The first kappa shape index (κ1) is 12.9. The second-order valence-electron chi connectivity index (χ2n) is 3.69. The fourth-order valence-electron chi connectivity index (χ4n) is 1.46. The zero-order valence-corrected chi connectivity index (χ0v) is 10.9. The number of hydrogen-bond acceptors (Lipinski definition) is 2. The monoisotopic (exact) mass is 280 g/mol. The molecule has 18 heavy (non-hydrogen) atoms. The van der Waals surface area contributed by atoms with Crippen molar-refractivity contribution in [2.75, 3.05) is 0 Å². The van der Waals surface area contributed by atoms with Gasteiger partial charge in [-0.2, -0.15) is 0 Å². The third-order valence-electron chi connectivity index (χ3n) is 2.36. The van der Waals surface area contributed by atoms with E-state index in [2.05, 4.69) is 0 Å². The quantitative estimate of drug-likeness (QED) is 0.782. The highest BCUT2D eigenvalue weighted by Crippen LogP contribution is 2.21. The van der Waals surface area contributed by atoms with Crippen molar-refractivity contribution < 1.29 is 9.53 Å². The van der Waals surface area contributed by atoms with E-state index in [0.717, 1.165) is 5.56 Å². The fourth-order valence-corrected chi connectivity index (χ4v) is 1.94. The van der Waals surface area contributed by atoms with Crippen LogP contribution in [0.25, 0.3) is 0 Å². The van der Waals surface area contributed by atoms with Crippen molar-refractivity contribution in [2.45, 2.75) is 6.61 Å². The van der Waals surface area contributed by atoms with E-state index in [-0.39, 0.29) is 6.61 Å². The Labute approximate surface area is 115 Å². The molecule has 0 saturated carbocycles. The molecule has 0 saturated heterocycles. The lowest BCUT2D eigenvalue weighted by Crippen LogP contribution is -2.05. The predicted molar refractivity (Wildman–Crippen MR) is 72.0 cm³/mol. The Hall–Kier alpha value is -1.51. The van der Waals surface area contributed by atoms with Crippen LogP contribution in [0.1, 0.15) is 15.9 Å². The van der Waals surface area contributed by atoms with E-state index < -0.39 is 5.97 Å². The van der Waals surface area contributed by atoms with Gasteiger partial charge >= 0.3 is 5.97 Å². The Kier molecular flexibility index (Phi) is 4.24. The standard InChI is InChI=1S/C14H10Cl2O2/c15-11-6-7-12(13(16)8-11)14(17)18-9-10-4-2-1-3-5-10/h1-8H,9H2. The molecular weight excluding hydrogens is 271 g/mol. The number of benzene rings is 2. The normalized spacial score (nSPS) is 10.1. The number of carbonyl (C=O) groups excluding carboxylic acids is 1.